The zero-order chi connectivity index (χ0) is 13.4. The molecule has 2 heterocycles. The van der Waals surface area contributed by atoms with Crippen molar-refractivity contribution in [3.8, 4) is 11.5 Å². The highest BCUT2D eigenvalue weighted by Gasteiger charge is 2.28. The summed E-state index contributed by atoms with van der Waals surface area (Å²) < 4.78 is 10.7. The molecule has 1 aromatic carbocycles. The number of nitro groups is 1. The molecule has 0 radical (unpaired) electrons. The molecule has 0 bridgehead atoms. The Morgan fingerprint density at radius 3 is 2.84 bits per heavy atom. The maximum atomic E-state index is 11.2. The van der Waals surface area contributed by atoms with Crippen molar-refractivity contribution in [3.63, 3.8) is 0 Å². The molecule has 1 fully saturated rings. The molecule has 1 aromatic rings. The Kier molecular flexibility index (Phi) is 2.71. The molecule has 8 nitrogen and oxygen atoms in total. The summed E-state index contributed by atoms with van der Waals surface area (Å²) in [5, 5.41) is 16.6. The lowest BCUT2D eigenvalue weighted by atomic mass is 10.2. The van der Waals surface area contributed by atoms with Crippen LogP contribution in [0.5, 0.6) is 11.5 Å². The minimum Gasteiger partial charge on any atom is -0.481 e. The average molecular weight is 265 g/mol. The van der Waals surface area contributed by atoms with Gasteiger partial charge in [0, 0.05) is 19.2 Å². The summed E-state index contributed by atoms with van der Waals surface area (Å²) in [6.07, 6.45) is -0.0861. The zero-order valence-electron chi connectivity index (χ0n) is 9.84. The number of nitrogens with one attached hydrogen (secondary N) is 2. The van der Waals surface area contributed by atoms with E-state index in [1.54, 1.807) is 0 Å². The summed E-state index contributed by atoms with van der Waals surface area (Å²) in [6.45, 7) is 1.16. The first-order chi connectivity index (χ1) is 9.13. The molecule has 0 aromatic heterocycles. The minimum atomic E-state index is -0.526. The fourth-order valence-electron chi connectivity index (χ4n) is 1.86. The van der Waals surface area contributed by atoms with Gasteiger partial charge in [0.05, 0.1) is 16.7 Å². The standard InChI is InChI=1S/C11H11N3O5/c15-11-5-18-9-2-8(14(16)17)10(1-7(9)13-11)19-6-3-12-4-6/h1-2,6,12H,3-5H2,(H,13,15). The largest absolute Gasteiger partial charge is 0.481 e. The number of fused-ring (bicyclic) bond motifs is 1. The van der Waals surface area contributed by atoms with E-state index in [0.29, 0.717) is 18.8 Å². The third-order valence-electron chi connectivity index (χ3n) is 2.93. The summed E-state index contributed by atoms with van der Waals surface area (Å²) in [5.41, 5.74) is 0.228. The number of carbonyl (C=O) groups is 1. The lowest BCUT2D eigenvalue weighted by molar-refractivity contribution is -0.386. The third kappa shape index (κ3) is 2.17. The Bertz CT molecular complexity index is 556. The van der Waals surface area contributed by atoms with E-state index in [1.165, 1.54) is 12.1 Å². The number of benzene rings is 1. The fourth-order valence-corrected chi connectivity index (χ4v) is 1.86. The first-order valence-corrected chi connectivity index (χ1v) is 5.76. The van der Waals surface area contributed by atoms with Gasteiger partial charge in [-0.2, -0.15) is 0 Å². The number of ether oxygens (including phenoxy) is 2. The minimum absolute atomic E-state index is 0.0861. The van der Waals surface area contributed by atoms with E-state index in [4.69, 9.17) is 9.47 Å². The highest BCUT2D eigenvalue weighted by Crippen LogP contribution is 2.39. The van der Waals surface area contributed by atoms with Gasteiger partial charge in [-0.3, -0.25) is 14.9 Å². The van der Waals surface area contributed by atoms with Crippen molar-refractivity contribution in [2.24, 2.45) is 0 Å². The SMILES string of the molecule is O=C1COc2cc([N+](=O)[O-])c(OC3CNC3)cc2N1. The fraction of sp³-hybridized carbons (Fsp3) is 0.364. The van der Waals surface area contributed by atoms with Crippen LogP contribution in [0.1, 0.15) is 0 Å². The van der Waals surface area contributed by atoms with E-state index in [0.717, 1.165) is 0 Å². The first kappa shape index (κ1) is 11.7. The van der Waals surface area contributed by atoms with Gasteiger partial charge in [-0.05, 0) is 0 Å². The Morgan fingerprint density at radius 2 is 2.21 bits per heavy atom. The molecule has 2 aliphatic heterocycles. The van der Waals surface area contributed by atoms with Crippen LogP contribution in [-0.2, 0) is 4.79 Å². The van der Waals surface area contributed by atoms with Gasteiger partial charge in [0.2, 0.25) is 0 Å². The van der Waals surface area contributed by atoms with Gasteiger partial charge in [-0.1, -0.05) is 0 Å². The van der Waals surface area contributed by atoms with Crippen molar-refractivity contribution in [3.05, 3.63) is 22.2 Å². The number of nitrogens with zero attached hydrogens (tertiary/aromatic N) is 1. The highest BCUT2D eigenvalue weighted by atomic mass is 16.6. The molecule has 19 heavy (non-hydrogen) atoms. The van der Waals surface area contributed by atoms with Gasteiger partial charge in [-0.15, -0.1) is 0 Å². The van der Waals surface area contributed by atoms with Crippen molar-refractivity contribution < 1.29 is 19.2 Å². The second-order valence-corrected chi connectivity index (χ2v) is 4.31. The molecule has 0 aliphatic carbocycles. The van der Waals surface area contributed by atoms with Crippen LogP contribution in [0.3, 0.4) is 0 Å². The van der Waals surface area contributed by atoms with Crippen molar-refractivity contribution >= 4 is 17.3 Å². The first-order valence-electron chi connectivity index (χ1n) is 5.76. The Balaban J connectivity index is 1.97. The molecule has 100 valence electrons. The lowest BCUT2D eigenvalue weighted by Gasteiger charge is -2.28. The maximum Gasteiger partial charge on any atom is 0.314 e. The molecule has 3 rings (SSSR count). The summed E-state index contributed by atoms with van der Waals surface area (Å²) in [5.74, 6) is 0.129. The predicted octanol–water partition coefficient (Wildman–Crippen LogP) is 0.276. The number of hydrogen-bond donors (Lipinski definition) is 2. The van der Waals surface area contributed by atoms with Gasteiger partial charge in [0.15, 0.2) is 18.1 Å². The molecule has 8 heteroatoms. The molecular formula is C11H11N3O5. The number of nitro benzene ring substituents is 1. The van der Waals surface area contributed by atoms with E-state index in [-0.39, 0.29) is 35.8 Å². The van der Waals surface area contributed by atoms with E-state index in [1.807, 2.05) is 0 Å². The number of hydrogen-bond acceptors (Lipinski definition) is 6. The average Bonchev–Trinajstić information content (AvgIpc) is 2.32. The monoisotopic (exact) mass is 265 g/mol. The van der Waals surface area contributed by atoms with Gasteiger partial charge in [-0.25, -0.2) is 0 Å². The van der Waals surface area contributed by atoms with E-state index in [9.17, 15) is 14.9 Å². The van der Waals surface area contributed by atoms with Crippen molar-refractivity contribution in [1.82, 2.24) is 5.32 Å². The number of carbonyl (C=O) groups excluding carboxylic acids is 1. The second-order valence-electron chi connectivity index (χ2n) is 4.31. The summed E-state index contributed by atoms with van der Waals surface area (Å²) in [7, 11) is 0. The van der Waals surface area contributed by atoms with Crippen LogP contribution in [0, 0.1) is 10.1 Å². The molecule has 1 saturated heterocycles. The van der Waals surface area contributed by atoms with Crippen LogP contribution in [0.15, 0.2) is 12.1 Å². The predicted molar refractivity (Wildman–Crippen MR) is 64.5 cm³/mol. The topological polar surface area (TPSA) is 103 Å². The van der Waals surface area contributed by atoms with Crippen LogP contribution in [0.4, 0.5) is 11.4 Å². The molecule has 0 unspecified atom stereocenters. The van der Waals surface area contributed by atoms with Gasteiger partial charge < -0.3 is 20.1 Å². The van der Waals surface area contributed by atoms with Crippen molar-refractivity contribution in [2.75, 3.05) is 25.0 Å². The third-order valence-corrected chi connectivity index (χ3v) is 2.93. The lowest BCUT2D eigenvalue weighted by Crippen LogP contribution is -2.50. The van der Waals surface area contributed by atoms with Crippen molar-refractivity contribution in [2.45, 2.75) is 6.10 Å². The number of anilines is 1. The molecule has 1 amide bonds. The number of amides is 1. The molecule has 0 atom stereocenters. The second kappa shape index (κ2) is 4.39. The van der Waals surface area contributed by atoms with Gasteiger partial charge in [0.25, 0.3) is 5.91 Å². The van der Waals surface area contributed by atoms with Crippen LogP contribution in [0.2, 0.25) is 0 Å². The summed E-state index contributed by atoms with van der Waals surface area (Å²) >= 11 is 0. The normalized spacial score (nSPS) is 17.8. The molecule has 2 aliphatic rings. The highest BCUT2D eigenvalue weighted by molar-refractivity contribution is 5.96. The zero-order valence-corrected chi connectivity index (χ0v) is 9.84. The smallest absolute Gasteiger partial charge is 0.314 e. The number of rotatable bonds is 3. The van der Waals surface area contributed by atoms with E-state index in [2.05, 4.69) is 10.6 Å². The molecule has 2 N–H and O–H groups in total. The van der Waals surface area contributed by atoms with Crippen LogP contribution in [-0.4, -0.2) is 36.6 Å². The molecule has 0 spiro atoms. The summed E-state index contributed by atoms with van der Waals surface area (Å²) in [4.78, 5) is 21.7. The van der Waals surface area contributed by atoms with Gasteiger partial charge >= 0.3 is 5.69 Å². The van der Waals surface area contributed by atoms with Crippen LogP contribution in [0.25, 0.3) is 0 Å². The van der Waals surface area contributed by atoms with Crippen molar-refractivity contribution in [1.29, 1.82) is 0 Å². The van der Waals surface area contributed by atoms with Crippen LogP contribution < -0.4 is 20.1 Å². The van der Waals surface area contributed by atoms with Gasteiger partial charge in [0.1, 0.15) is 6.10 Å². The van der Waals surface area contributed by atoms with Crippen LogP contribution >= 0.6 is 0 Å². The Labute approximate surface area is 107 Å². The van der Waals surface area contributed by atoms with E-state index < -0.39 is 4.92 Å². The molecular weight excluding hydrogens is 254 g/mol. The Hall–Kier alpha value is -2.35. The summed E-state index contributed by atoms with van der Waals surface area (Å²) in [6, 6.07) is 2.71. The Morgan fingerprint density at radius 1 is 1.42 bits per heavy atom. The quantitative estimate of drug-likeness (QED) is 0.601. The molecule has 0 saturated carbocycles. The van der Waals surface area contributed by atoms with E-state index >= 15 is 0 Å². The maximum absolute atomic E-state index is 11.2.